The minimum Gasteiger partial charge on any atom is -0.494 e. The van der Waals surface area contributed by atoms with Crippen LogP contribution in [0.4, 0.5) is 0 Å². The highest BCUT2D eigenvalue weighted by Gasteiger charge is 2.12. The van der Waals surface area contributed by atoms with Crippen LogP contribution >= 0.6 is 28.3 Å². The summed E-state index contributed by atoms with van der Waals surface area (Å²) in [6.45, 7) is 3.18. The van der Waals surface area contributed by atoms with Crippen LogP contribution in [0, 0.1) is 5.92 Å². The van der Waals surface area contributed by atoms with Crippen molar-refractivity contribution in [3.05, 3.63) is 28.7 Å². The lowest BCUT2D eigenvalue weighted by Gasteiger charge is -2.22. The van der Waals surface area contributed by atoms with E-state index in [1.807, 2.05) is 24.3 Å². The van der Waals surface area contributed by atoms with Gasteiger partial charge in [-0.15, -0.1) is 12.4 Å². The zero-order valence-corrected chi connectivity index (χ0v) is 12.2. The van der Waals surface area contributed by atoms with Crippen molar-refractivity contribution in [3.63, 3.8) is 0 Å². The maximum Gasteiger partial charge on any atom is 0.119 e. The molecule has 0 spiro atoms. The second kappa shape index (κ2) is 7.96. The molecule has 1 aliphatic heterocycles. The van der Waals surface area contributed by atoms with Crippen molar-refractivity contribution in [2.75, 3.05) is 19.7 Å². The minimum absolute atomic E-state index is 0. The molecule has 1 heterocycles. The SMILES string of the molecule is Brc1ccc(OCCC2CCNCC2)cc1.Cl. The molecule has 0 atom stereocenters. The van der Waals surface area contributed by atoms with Crippen LogP contribution in [0.1, 0.15) is 19.3 Å². The van der Waals surface area contributed by atoms with Crippen molar-refractivity contribution in [1.82, 2.24) is 5.32 Å². The van der Waals surface area contributed by atoms with Gasteiger partial charge in [0.1, 0.15) is 5.75 Å². The first-order chi connectivity index (χ1) is 7.84. The van der Waals surface area contributed by atoms with Crippen LogP contribution in [0.2, 0.25) is 0 Å². The van der Waals surface area contributed by atoms with Crippen LogP contribution in [0.15, 0.2) is 28.7 Å². The third-order valence-corrected chi connectivity index (χ3v) is 3.60. The zero-order chi connectivity index (χ0) is 11.2. The fraction of sp³-hybridized carbons (Fsp3) is 0.538. The van der Waals surface area contributed by atoms with Gasteiger partial charge in [-0.1, -0.05) is 15.9 Å². The quantitative estimate of drug-likeness (QED) is 0.914. The first kappa shape index (κ1) is 14.8. The van der Waals surface area contributed by atoms with Gasteiger partial charge in [0, 0.05) is 4.47 Å². The third-order valence-electron chi connectivity index (χ3n) is 3.07. The van der Waals surface area contributed by atoms with Gasteiger partial charge in [0.25, 0.3) is 0 Å². The molecular formula is C13H19BrClNO. The van der Waals surface area contributed by atoms with Gasteiger partial charge in [0.15, 0.2) is 0 Å². The van der Waals surface area contributed by atoms with Crippen LogP contribution in [-0.2, 0) is 0 Å². The summed E-state index contributed by atoms with van der Waals surface area (Å²) in [5.41, 5.74) is 0. The van der Waals surface area contributed by atoms with Crippen molar-refractivity contribution >= 4 is 28.3 Å². The van der Waals surface area contributed by atoms with Crippen molar-refractivity contribution < 1.29 is 4.74 Å². The lowest BCUT2D eigenvalue weighted by atomic mass is 9.95. The predicted molar refractivity (Wildman–Crippen MR) is 77.1 cm³/mol. The monoisotopic (exact) mass is 319 g/mol. The van der Waals surface area contributed by atoms with Crippen LogP contribution in [0.3, 0.4) is 0 Å². The van der Waals surface area contributed by atoms with Gasteiger partial charge in [-0.05, 0) is 62.5 Å². The Labute approximate surface area is 118 Å². The molecular weight excluding hydrogens is 302 g/mol. The normalized spacial score (nSPS) is 16.3. The summed E-state index contributed by atoms with van der Waals surface area (Å²) in [4.78, 5) is 0. The highest BCUT2D eigenvalue weighted by molar-refractivity contribution is 9.10. The Morgan fingerprint density at radius 2 is 1.82 bits per heavy atom. The van der Waals surface area contributed by atoms with Crippen LogP contribution in [0.5, 0.6) is 5.75 Å². The predicted octanol–water partition coefficient (Wildman–Crippen LogP) is 3.64. The number of benzene rings is 1. The summed E-state index contributed by atoms with van der Waals surface area (Å²) in [5.74, 6) is 1.81. The molecule has 1 N–H and O–H groups in total. The molecule has 0 radical (unpaired) electrons. The van der Waals surface area contributed by atoms with E-state index in [9.17, 15) is 0 Å². The van der Waals surface area contributed by atoms with E-state index in [-0.39, 0.29) is 12.4 Å². The Kier molecular flexibility index (Phi) is 6.93. The smallest absolute Gasteiger partial charge is 0.119 e. The molecule has 0 aliphatic carbocycles. The summed E-state index contributed by atoms with van der Waals surface area (Å²) in [5, 5.41) is 3.38. The van der Waals surface area contributed by atoms with Gasteiger partial charge in [-0.2, -0.15) is 0 Å². The van der Waals surface area contributed by atoms with E-state index in [4.69, 9.17) is 4.74 Å². The van der Waals surface area contributed by atoms with Gasteiger partial charge in [-0.3, -0.25) is 0 Å². The summed E-state index contributed by atoms with van der Waals surface area (Å²) in [6, 6.07) is 8.04. The van der Waals surface area contributed by atoms with Gasteiger partial charge in [0.05, 0.1) is 6.61 Å². The summed E-state index contributed by atoms with van der Waals surface area (Å²) < 4.78 is 6.82. The van der Waals surface area contributed by atoms with E-state index in [2.05, 4.69) is 21.2 Å². The Morgan fingerprint density at radius 3 is 2.47 bits per heavy atom. The van der Waals surface area contributed by atoms with E-state index in [1.54, 1.807) is 0 Å². The average molecular weight is 321 g/mol. The summed E-state index contributed by atoms with van der Waals surface area (Å²) in [7, 11) is 0. The van der Waals surface area contributed by atoms with Crippen molar-refractivity contribution in [2.45, 2.75) is 19.3 Å². The number of nitrogens with one attached hydrogen (secondary N) is 1. The molecule has 4 heteroatoms. The maximum atomic E-state index is 5.72. The average Bonchev–Trinajstić information content (AvgIpc) is 2.33. The van der Waals surface area contributed by atoms with E-state index in [1.165, 1.54) is 32.4 Å². The lowest BCUT2D eigenvalue weighted by Crippen LogP contribution is -2.28. The highest BCUT2D eigenvalue weighted by atomic mass is 79.9. The number of halogens is 2. The summed E-state index contributed by atoms with van der Waals surface area (Å²) >= 11 is 3.41. The molecule has 1 aromatic carbocycles. The molecule has 17 heavy (non-hydrogen) atoms. The van der Waals surface area contributed by atoms with E-state index in [0.717, 1.165) is 22.7 Å². The molecule has 0 bridgehead atoms. The number of rotatable bonds is 4. The minimum atomic E-state index is 0. The van der Waals surface area contributed by atoms with Crippen molar-refractivity contribution in [1.29, 1.82) is 0 Å². The fourth-order valence-corrected chi connectivity index (χ4v) is 2.31. The maximum absolute atomic E-state index is 5.72. The second-order valence-corrected chi connectivity index (χ2v) is 5.20. The molecule has 96 valence electrons. The third kappa shape index (κ3) is 5.28. The molecule has 1 fully saturated rings. The topological polar surface area (TPSA) is 21.3 Å². The molecule has 0 unspecified atom stereocenters. The molecule has 0 aromatic heterocycles. The Morgan fingerprint density at radius 1 is 1.18 bits per heavy atom. The fourth-order valence-electron chi connectivity index (χ4n) is 2.04. The van der Waals surface area contributed by atoms with E-state index < -0.39 is 0 Å². The molecule has 0 saturated carbocycles. The van der Waals surface area contributed by atoms with E-state index in [0.29, 0.717) is 0 Å². The summed E-state index contributed by atoms with van der Waals surface area (Å²) in [6.07, 6.45) is 3.77. The van der Waals surface area contributed by atoms with Crippen LogP contribution in [0.25, 0.3) is 0 Å². The van der Waals surface area contributed by atoms with Crippen molar-refractivity contribution in [3.8, 4) is 5.75 Å². The molecule has 0 amide bonds. The number of piperidine rings is 1. The van der Waals surface area contributed by atoms with Gasteiger partial charge >= 0.3 is 0 Å². The lowest BCUT2D eigenvalue weighted by molar-refractivity contribution is 0.252. The van der Waals surface area contributed by atoms with Crippen LogP contribution < -0.4 is 10.1 Å². The number of hydrogen-bond acceptors (Lipinski definition) is 2. The standard InChI is InChI=1S/C13H18BrNO.ClH/c14-12-1-3-13(4-2-12)16-10-7-11-5-8-15-9-6-11;/h1-4,11,15H,5-10H2;1H. The highest BCUT2D eigenvalue weighted by Crippen LogP contribution is 2.19. The second-order valence-electron chi connectivity index (χ2n) is 4.28. The molecule has 2 rings (SSSR count). The van der Waals surface area contributed by atoms with Crippen LogP contribution in [-0.4, -0.2) is 19.7 Å². The van der Waals surface area contributed by atoms with Gasteiger partial charge in [-0.25, -0.2) is 0 Å². The molecule has 1 saturated heterocycles. The Hall–Kier alpha value is -0.250. The van der Waals surface area contributed by atoms with E-state index >= 15 is 0 Å². The molecule has 1 aliphatic rings. The first-order valence-corrected chi connectivity index (χ1v) is 6.73. The molecule has 1 aromatic rings. The van der Waals surface area contributed by atoms with Crippen molar-refractivity contribution in [2.24, 2.45) is 5.92 Å². The molecule has 2 nitrogen and oxygen atoms in total. The Bertz CT molecular complexity index is 312. The first-order valence-electron chi connectivity index (χ1n) is 5.94. The van der Waals surface area contributed by atoms with Gasteiger partial charge < -0.3 is 10.1 Å². The number of ether oxygens (including phenoxy) is 1. The Balaban J connectivity index is 0.00000144. The number of hydrogen-bond donors (Lipinski definition) is 1. The van der Waals surface area contributed by atoms with Gasteiger partial charge in [0.2, 0.25) is 0 Å². The largest absolute Gasteiger partial charge is 0.494 e. The zero-order valence-electron chi connectivity index (χ0n) is 9.82.